The monoisotopic (exact) mass is 496 g/mol. The predicted octanol–water partition coefficient (Wildman–Crippen LogP) is 0.0651. The molecule has 11 nitrogen and oxygen atoms in total. The number of nitrogens with one attached hydrogen (secondary N) is 5. The lowest BCUT2D eigenvalue weighted by atomic mass is 10.4. The minimum atomic E-state index is -0.298. The first kappa shape index (κ1) is 34.6. The molecule has 0 aromatic heterocycles. The van der Waals surface area contributed by atoms with E-state index in [1.165, 1.54) is 6.92 Å². The summed E-state index contributed by atoms with van der Waals surface area (Å²) in [7, 11) is 0. The molecule has 0 saturated carbocycles. The minimum absolute atomic E-state index is 0. The van der Waals surface area contributed by atoms with Crippen LogP contribution >= 0.6 is 23.5 Å². The summed E-state index contributed by atoms with van der Waals surface area (Å²) in [6, 6.07) is 0. The van der Waals surface area contributed by atoms with Crippen LogP contribution in [0.1, 0.15) is 53.9 Å². The van der Waals surface area contributed by atoms with Gasteiger partial charge in [0.25, 0.3) is 0 Å². The van der Waals surface area contributed by atoms with Gasteiger partial charge in [-0.15, -0.1) is 0 Å². The predicted molar refractivity (Wildman–Crippen MR) is 132 cm³/mol. The molecule has 0 saturated heterocycles. The summed E-state index contributed by atoms with van der Waals surface area (Å²) in [5.74, 6) is 7.32. The van der Waals surface area contributed by atoms with Crippen molar-refractivity contribution in [2.45, 2.75) is 53.9 Å². The van der Waals surface area contributed by atoms with Crippen LogP contribution in [0.2, 0.25) is 0 Å². The highest BCUT2D eigenvalue weighted by Crippen LogP contribution is 2.01. The average Bonchev–Trinajstić information content (AvgIpc) is 2.76. The fourth-order valence-electron chi connectivity index (χ4n) is 1.60. The van der Waals surface area contributed by atoms with E-state index in [0.717, 1.165) is 17.3 Å². The van der Waals surface area contributed by atoms with Gasteiger partial charge >= 0.3 is 0 Å². The van der Waals surface area contributed by atoms with Crippen LogP contribution in [0.5, 0.6) is 0 Å². The smallest absolute Gasteiger partial charge is 0.239 e. The lowest BCUT2D eigenvalue weighted by Gasteiger charge is -2.05. The molecule has 5 amide bonds. The Morgan fingerprint density at radius 1 is 0.688 bits per heavy atom. The number of hydrazine groups is 2. The van der Waals surface area contributed by atoms with Crippen molar-refractivity contribution in [3.8, 4) is 0 Å². The van der Waals surface area contributed by atoms with E-state index in [0.29, 0.717) is 44.5 Å². The summed E-state index contributed by atoms with van der Waals surface area (Å²) in [6.07, 6.45) is 1.76. The maximum Gasteiger partial charge on any atom is 0.239 e. The Balaban J connectivity index is -0.000000519. The fraction of sp³-hybridized carbons (Fsp3) is 0.737. The number of hydrogen-bond donors (Lipinski definition) is 6. The van der Waals surface area contributed by atoms with E-state index in [4.69, 9.17) is 5.84 Å². The Bertz CT molecular complexity index is 532. The third kappa shape index (κ3) is 28.0. The third-order valence-corrected chi connectivity index (χ3v) is 5.24. The van der Waals surface area contributed by atoms with Gasteiger partial charge in [0.05, 0.1) is 0 Å². The Morgan fingerprint density at radius 2 is 1.12 bits per heavy atom. The van der Waals surface area contributed by atoms with Gasteiger partial charge in [0.2, 0.25) is 29.5 Å². The van der Waals surface area contributed by atoms with Crippen molar-refractivity contribution >= 4 is 53.1 Å². The van der Waals surface area contributed by atoms with Gasteiger partial charge in [-0.2, -0.15) is 23.5 Å². The maximum absolute atomic E-state index is 11.1. The Morgan fingerprint density at radius 3 is 1.50 bits per heavy atom. The molecule has 0 aromatic rings. The molecule has 0 rings (SSSR count). The zero-order chi connectivity index (χ0) is 23.9. The van der Waals surface area contributed by atoms with Crippen LogP contribution in [0, 0.1) is 0 Å². The molecular formula is C19H40N6O5S2. The largest absolute Gasteiger partial charge is 0.355 e. The molecule has 0 atom stereocenters. The van der Waals surface area contributed by atoms with E-state index < -0.39 is 0 Å². The molecule has 0 bridgehead atoms. The molecule has 0 spiro atoms. The van der Waals surface area contributed by atoms with Crippen LogP contribution in [0.25, 0.3) is 0 Å². The standard InChI is InChI=1S/C10H19N3O3S.C8H17N3O2S.CH4/c1-3-9(15)11-5-7-17-6-4-10(16)13-12-8(2)14;1-2-7(12)10-4-6-14-5-3-8(13)11-9;/h3-7H2,1-2H3,(H,11,15)(H,12,14)(H,13,16);2-6,9H2,1H3,(H,10,12)(H,11,13);1H4. The number of nitrogens with two attached hydrogens (primary N) is 1. The molecule has 0 aromatic carbocycles. The number of thioether (sulfide) groups is 2. The quantitative estimate of drug-likeness (QED) is 0.0848. The zero-order valence-electron chi connectivity index (χ0n) is 18.5. The summed E-state index contributed by atoms with van der Waals surface area (Å²) in [4.78, 5) is 54.0. The SMILES string of the molecule is C.CCC(=O)NCCSCCC(=O)NN.CCC(=O)NCCSCCC(=O)NNC(C)=O. The topological polar surface area (TPSA) is 172 Å². The van der Waals surface area contributed by atoms with E-state index >= 15 is 0 Å². The van der Waals surface area contributed by atoms with Gasteiger partial charge < -0.3 is 10.6 Å². The third-order valence-electron chi connectivity index (χ3n) is 3.27. The Hall–Kier alpha value is -1.99. The van der Waals surface area contributed by atoms with Crippen LogP contribution in [0.3, 0.4) is 0 Å². The molecule has 188 valence electrons. The molecule has 0 aliphatic rings. The first-order valence-corrected chi connectivity index (χ1v) is 12.3. The minimum Gasteiger partial charge on any atom is -0.355 e. The van der Waals surface area contributed by atoms with Gasteiger partial charge in [0.1, 0.15) is 0 Å². The molecule has 32 heavy (non-hydrogen) atoms. The second kappa shape index (κ2) is 25.3. The summed E-state index contributed by atoms with van der Waals surface area (Å²) in [5.41, 5.74) is 6.56. The van der Waals surface area contributed by atoms with Crippen molar-refractivity contribution in [2.75, 3.05) is 36.1 Å². The van der Waals surface area contributed by atoms with Gasteiger partial charge in [-0.3, -0.25) is 40.3 Å². The van der Waals surface area contributed by atoms with Gasteiger partial charge in [0, 0.05) is 68.7 Å². The lowest BCUT2D eigenvalue weighted by Crippen LogP contribution is -2.40. The van der Waals surface area contributed by atoms with Crippen LogP contribution in [-0.4, -0.2) is 65.6 Å². The van der Waals surface area contributed by atoms with E-state index in [-0.39, 0.29) is 37.0 Å². The summed E-state index contributed by atoms with van der Waals surface area (Å²) < 4.78 is 0. The number of carbonyl (C=O) groups excluding carboxylic acids is 5. The average molecular weight is 497 g/mol. The second-order valence-corrected chi connectivity index (χ2v) is 8.38. The molecule has 7 N–H and O–H groups in total. The molecule has 0 aliphatic heterocycles. The number of carbonyl (C=O) groups is 5. The number of amides is 5. The van der Waals surface area contributed by atoms with Gasteiger partial charge in [-0.25, -0.2) is 5.84 Å². The van der Waals surface area contributed by atoms with Crippen molar-refractivity contribution in [3.05, 3.63) is 0 Å². The zero-order valence-corrected chi connectivity index (χ0v) is 20.1. The molecule has 0 fully saturated rings. The molecular weight excluding hydrogens is 456 g/mol. The Labute approximate surface area is 199 Å². The number of hydrogen-bond acceptors (Lipinski definition) is 8. The van der Waals surface area contributed by atoms with E-state index in [9.17, 15) is 24.0 Å². The van der Waals surface area contributed by atoms with Crippen molar-refractivity contribution in [1.29, 1.82) is 0 Å². The lowest BCUT2D eigenvalue weighted by molar-refractivity contribution is -0.127. The molecule has 13 heteroatoms. The highest BCUT2D eigenvalue weighted by Gasteiger charge is 2.02. The van der Waals surface area contributed by atoms with Crippen LogP contribution in [0.4, 0.5) is 0 Å². The first-order valence-electron chi connectivity index (χ1n) is 10.00. The van der Waals surface area contributed by atoms with Crippen molar-refractivity contribution in [1.82, 2.24) is 26.9 Å². The summed E-state index contributed by atoms with van der Waals surface area (Å²) in [5, 5.41) is 5.49. The van der Waals surface area contributed by atoms with E-state index in [2.05, 4.69) is 26.9 Å². The number of rotatable bonds is 14. The fourth-order valence-corrected chi connectivity index (χ4v) is 3.16. The van der Waals surface area contributed by atoms with Crippen LogP contribution in [-0.2, 0) is 24.0 Å². The van der Waals surface area contributed by atoms with Crippen molar-refractivity contribution < 1.29 is 24.0 Å². The van der Waals surface area contributed by atoms with Crippen molar-refractivity contribution in [2.24, 2.45) is 5.84 Å². The molecule has 0 aliphatic carbocycles. The van der Waals surface area contributed by atoms with Gasteiger partial charge in [-0.1, -0.05) is 21.3 Å². The first-order chi connectivity index (χ1) is 14.8. The highest BCUT2D eigenvalue weighted by atomic mass is 32.2. The summed E-state index contributed by atoms with van der Waals surface area (Å²) in [6.45, 7) is 6.21. The van der Waals surface area contributed by atoms with Crippen molar-refractivity contribution in [3.63, 3.8) is 0 Å². The molecule has 0 heterocycles. The summed E-state index contributed by atoms with van der Waals surface area (Å²) >= 11 is 3.20. The maximum atomic E-state index is 11.1. The molecule has 0 unspecified atom stereocenters. The van der Waals surface area contributed by atoms with Crippen LogP contribution in [0.15, 0.2) is 0 Å². The molecule has 0 radical (unpaired) electrons. The van der Waals surface area contributed by atoms with Crippen LogP contribution < -0.4 is 32.8 Å². The van der Waals surface area contributed by atoms with E-state index in [1.807, 2.05) is 6.92 Å². The normalized spacial score (nSPS) is 9.25. The Kier molecular flexibility index (Phi) is 27.3. The van der Waals surface area contributed by atoms with Gasteiger partial charge in [0.15, 0.2) is 0 Å². The second-order valence-electron chi connectivity index (χ2n) is 5.93. The highest BCUT2D eigenvalue weighted by molar-refractivity contribution is 7.99. The van der Waals surface area contributed by atoms with Gasteiger partial charge in [-0.05, 0) is 0 Å². The van der Waals surface area contributed by atoms with E-state index in [1.54, 1.807) is 30.4 Å².